The molecule has 0 aliphatic rings. The van der Waals surface area contributed by atoms with Crippen LogP contribution in [0.25, 0.3) is 0 Å². The summed E-state index contributed by atoms with van der Waals surface area (Å²) in [5.74, 6) is 0.899. The summed E-state index contributed by atoms with van der Waals surface area (Å²) in [4.78, 5) is 0.237. The second kappa shape index (κ2) is 7.79. The van der Waals surface area contributed by atoms with Gasteiger partial charge in [0.05, 0.1) is 11.5 Å². The van der Waals surface area contributed by atoms with Crippen LogP contribution in [0.5, 0.6) is 0 Å². The van der Waals surface area contributed by atoms with Crippen LogP contribution >= 0.6 is 0 Å². The summed E-state index contributed by atoms with van der Waals surface area (Å²) < 4.78 is 29.4. The van der Waals surface area contributed by atoms with Crippen LogP contribution < -0.4 is 0 Å². The molecular formula is C16H26O3S. The van der Waals surface area contributed by atoms with Gasteiger partial charge in [-0.25, -0.2) is 0 Å². The van der Waals surface area contributed by atoms with E-state index >= 15 is 0 Å². The van der Waals surface area contributed by atoms with Crippen molar-refractivity contribution in [3.05, 3.63) is 29.8 Å². The van der Waals surface area contributed by atoms with Crippen molar-refractivity contribution in [1.29, 1.82) is 0 Å². The molecule has 3 nitrogen and oxygen atoms in total. The zero-order valence-electron chi connectivity index (χ0n) is 12.9. The van der Waals surface area contributed by atoms with Gasteiger partial charge in [-0.05, 0) is 37.3 Å². The SMILES string of the molecule is CC[C@H](C)C[C@@H](CC)COS(=O)(=O)c1ccc(C)cc1. The maximum absolute atomic E-state index is 12.1. The Hall–Kier alpha value is -0.870. The predicted octanol–water partition coefficient (Wildman–Crippen LogP) is 4.16. The lowest BCUT2D eigenvalue weighted by molar-refractivity contribution is 0.222. The maximum Gasteiger partial charge on any atom is 0.296 e. The molecule has 2 atom stereocenters. The van der Waals surface area contributed by atoms with Gasteiger partial charge in [-0.1, -0.05) is 51.3 Å². The van der Waals surface area contributed by atoms with Crippen molar-refractivity contribution in [2.24, 2.45) is 11.8 Å². The lowest BCUT2D eigenvalue weighted by Gasteiger charge is -2.18. The molecule has 0 aliphatic heterocycles. The van der Waals surface area contributed by atoms with Crippen LogP contribution in [0, 0.1) is 18.8 Å². The van der Waals surface area contributed by atoms with Crippen LogP contribution in [-0.4, -0.2) is 15.0 Å². The van der Waals surface area contributed by atoms with Crippen LogP contribution in [0.3, 0.4) is 0 Å². The average molecular weight is 298 g/mol. The molecule has 0 fully saturated rings. The summed E-state index contributed by atoms with van der Waals surface area (Å²) in [6.45, 7) is 8.63. The van der Waals surface area contributed by atoms with E-state index in [4.69, 9.17) is 4.18 Å². The first kappa shape index (κ1) is 17.2. The third kappa shape index (κ3) is 5.25. The van der Waals surface area contributed by atoms with Gasteiger partial charge in [-0.2, -0.15) is 8.42 Å². The first-order chi connectivity index (χ1) is 9.39. The molecule has 20 heavy (non-hydrogen) atoms. The van der Waals surface area contributed by atoms with Crippen LogP contribution in [0.1, 0.15) is 45.6 Å². The molecule has 0 radical (unpaired) electrons. The molecule has 0 aliphatic carbocycles. The van der Waals surface area contributed by atoms with E-state index in [2.05, 4.69) is 20.8 Å². The molecule has 1 aromatic rings. The Morgan fingerprint density at radius 2 is 1.70 bits per heavy atom. The highest BCUT2D eigenvalue weighted by Gasteiger charge is 2.18. The van der Waals surface area contributed by atoms with Crippen molar-refractivity contribution in [3.8, 4) is 0 Å². The Bertz CT molecular complexity index is 491. The Balaban J connectivity index is 2.64. The van der Waals surface area contributed by atoms with Gasteiger partial charge in [0.2, 0.25) is 0 Å². The highest BCUT2D eigenvalue weighted by Crippen LogP contribution is 2.21. The van der Waals surface area contributed by atoms with Gasteiger partial charge in [0, 0.05) is 0 Å². The molecule has 0 aromatic heterocycles. The molecule has 0 bridgehead atoms. The van der Waals surface area contributed by atoms with E-state index < -0.39 is 10.1 Å². The van der Waals surface area contributed by atoms with Gasteiger partial charge in [0.25, 0.3) is 10.1 Å². The Morgan fingerprint density at radius 3 is 2.20 bits per heavy atom. The fourth-order valence-electron chi connectivity index (χ4n) is 2.05. The van der Waals surface area contributed by atoms with Crippen LogP contribution in [0.4, 0.5) is 0 Å². The van der Waals surface area contributed by atoms with Crippen molar-refractivity contribution in [2.45, 2.75) is 51.9 Å². The predicted molar refractivity (Wildman–Crippen MR) is 82.2 cm³/mol. The number of aryl methyl sites for hydroxylation is 1. The monoisotopic (exact) mass is 298 g/mol. The summed E-state index contributed by atoms with van der Waals surface area (Å²) in [6.07, 6.45) is 3.06. The highest BCUT2D eigenvalue weighted by atomic mass is 32.2. The average Bonchev–Trinajstić information content (AvgIpc) is 2.43. The fourth-order valence-corrected chi connectivity index (χ4v) is 3.02. The van der Waals surface area contributed by atoms with Crippen molar-refractivity contribution >= 4 is 10.1 Å². The minimum atomic E-state index is -3.62. The van der Waals surface area contributed by atoms with Crippen LogP contribution in [0.2, 0.25) is 0 Å². The van der Waals surface area contributed by atoms with Gasteiger partial charge >= 0.3 is 0 Å². The van der Waals surface area contributed by atoms with Crippen LogP contribution in [-0.2, 0) is 14.3 Å². The lowest BCUT2D eigenvalue weighted by Crippen LogP contribution is -2.16. The van der Waals surface area contributed by atoms with Crippen molar-refractivity contribution in [2.75, 3.05) is 6.61 Å². The molecule has 0 amide bonds. The topological polar surface area (TPSA) is 43.4 Å². The van der Waals surface area contributed by atoms with E-state index in [0.717, 1.165) is 24.8 Å². The molecular weight excluding hydrogens is 272 g/mol. The molecule has 1 aromatic carbocycles. The number of benzene rings is 1. The quantitative estimate of drug-likeness (QED) is 0.677. The fraction of sp³-hybridized carbons (Fsp3) is 0.625. The molecule has 1 rings (SSSR count). The molecule has 4 heteroatoms. The summed E-state index contributed by atoms with van der Waals surface area (Å²) >= 11 is 0. The number of rotatable bonds is 8. The first-order valence-corrected chi connectivity index (χ1v) is 8.76. The third-order valence-corrected chi connectivity index (χ3v) is 5.07. The molecule has 0 heterocycles. The Kier molecular flexibility index (Phi) is 6.69. The summed E-state index contributed by atoms with van der Waals surface area (Å²) in [7, 11) is -3.62. The molecule has 0 N–H and O–H groups in total. The zero-order chi connectivity index (χ0) is 15.2. The van der Waals surface area contributed by atoms with Gasteiger partial charge in [-0.3, -0.25) is 4.18 Å². The van der Waals surface area contributed by atoms with E-state index in [1.807, 2.05) is 6.92 Å². The minimum Gasteiger partial charge on any atom is -0.266 e. The summed E-state index contributed by atoms with van der Waals surface area (Å²) in [6, 6.07) is 6.76. The number of hydrogen-bond donors (Lipinski definition) is 0. The number of hydrogen-bond acceptors (Lipinski definition) is 3. The van der Waals surface area contributed by atoms with Gasteiger partial charge < -0.3 is 0 Å². The third-order valence-electron chi connectivity index (χ3n) is 3.78. The summed E-state index contributed by atoms with van der Waals surface area (Å²) in [5.41, 5.74) is 1.03. The smallest absolute Gasteiger partial charge is 0.266 e. The van der Waals surface area contributed by atoms with E-state index in [1.165, 1.54) is 0 Å². The zero-order valence-corrected chi connectivity index (χ0v) is 13.7. The lowest BCUT2D eigenvalue weighted by atomic mass is 9.93. The summed E-state index contributed by atoms with van der Waals surface area (Å²) in [5, 5.41) is 0. The second-order valence-electron chi connectivity index (χ2n) is 5.58. The van der Waals surface area contributed by atoms with Gasteiger partial charge in [0.1, 0.15) is 0 Å². The van der Waals surface area contributed by atoms with E-state index in [-0.39, 0.29) is 11.5 Å². The first-order valence-electron chi connectivity index (χ1n) is 7.35. The molecule has 114 valence electrons. The van der Waals surface area contributed by atoms with Crippen molar-refractivity contribution < 1.29 is 12.6 Å². The molecule has 0 unspecified atom stereocenters. The van der Waals surface area contributed by atoms with Crippen molar-refractivity contribution in [1.82, 2.24) is 0 Å². The van der Waals surface area contributed by atoms with Crippen molar-refractivity contribution in [3.63, 3.8) is 0 Å². The Labute approximate surface area is 123 Å². The molecule has 0 saturated carbocycles. The second-order valence-corrected chi connectivity index (χ2v) is 7.19. The minimum absolute atomic E-state index is 0.237. The van der Waals surface area contributed by atoms with Gasteiger partial charge in [-0.15, -0.1) is 0 Å². The highest BCUT2D eigenvalue weighted by molar-refractivity contribution is 7.86. The van der Waals surface area contributed by atoms with E-state index in [0.29, 0.717) is 11.8 Å². The van der Waals surface area contributed by atoms with Gasteiger partial charge in [0.15, 0.2) is 0 Å². The van der Waals surface area contributed by atoms with E-state index in [1.54, 1.807) is 24.3 Å². The maximum atomic E-state index is 12.1. The Morgan fingerprint density at radius 1 is 1.10 bits per heavy atom. The largest absolute Gasteiger partial charge is 0.296 e. The molecule has 0 spiro atoms. The normalized spacial score (nSPS) is 15.0. The standard InChI is InChI=1S/C16H26O3S/c1-5-13(3)11-15(6-2)12-19-20(17,18)16-9-7-14(4)8-10-16/h7-10,13,15H,5-6,11-12H2,1-4H3/t13-,15+/m0/s1. The van der Waals surface area contributed by atoms with E-state index in [9.17, 15) is 8.42 Å². The molecule has 0 saturated heterocycles. The van der Waals surface area contributed by atoms with Crippen LogP contribution in [0.15, 0.2) is 29.2 Å².